The lowest BCUT2D eigenvalue weighted by Crippen LogP contribution is -2.45. The van der Waals surface area contributed by atoms with Crippen molar-refractivity contribution < 1.29 is 4.79 Å². The lowest BCUT2D eigenvalue weighted by atomic mass is 9.76. The van der Waals surface area contributed by atoms with Crippen molar-refractivity contribution in [2.45, 2.75) is 57.3 Å². The summed E-state index contributed by atoms with van der Waals surface area (Å²) >= 11 is 0. The minimum absolute atomic E-state index is 0.000124. The van der Waals surface area contributed by atoms with Gasteiger partial charge in [-0.3, -0.25) is 14.6 Å². The van der Waals surface area contributed by atoms with E-state index in [1.165, 1.54) is 12.4 Å². The Morgan fingerprint density at radius 2 is 1.93 bits per heavy atom. The van der Waals surface area contributed by atoms with Crippen molar-refractivity contribution >= 4 is 5.91 Å². The summed E-state index contributed by atoms with van der Waals surface area (Å²) in [6.45, 7) is 7.47. The Balaban J connectivity index is 1.59. The number of aromatic amines is 1. The highest BCUT2D eigenvalue weighted by molar-refractivity contribution is 5.92. The summed E-state index contributed by atoms with van der Waals surface area (Å²) in [5.41, 5.74) is 1.87. The van der Waals surface area contributed by atoms with Gasteiger partial charge in [0.1, 0.15) is 11.5 Å². The smallest absolute Gasteiger partial charge is 0.274 e. The fraction of sp³-hybridized carbons (Fsp3) is 0.550. The van der Waals surface area contributed by atoms with Crippen molar-refractivity contribution in [3.05, 3.63) is 51.7 Å². The summed E-state index contributed by atoms with van der Waals surface area (Å²) in [4.78, 5) is 43.1. The predicted octanol–water partition coefficient (Wildman–Crippen LogP) is 1.98. The molecule has 1 aliphatic carbocycles. The molecule has 1 saturated heterocycles. The number of rotatable bonds is 1. The van der Waals surface area contributed by atoms with Crippen LogP contribution in [-0.2, 0) is 17.3 Å². The summed E-state index contributed by atoms with van der Waals surface area (Å²) in [5, 5.41) is 0. The van der Waals surface area contributed by atoms with Crippen molar-refractivity contribution in [3.63, 3.8) is 0 Å². The van der Waals surface area contributed by atoms with Crippen molar-refractivity contribution in [1.29, 1.82) is 0 Å². The summed E-state index contributed by atoms with van der Waals surface area (Å²) in [6, 6.07) is 0. The molecule has 1 N–H and O–H groups in total. The number of likely N-dealkylation sites (tertiary alicyclic amines) is 1. The van der Waals surface area contributed by atoms with Crippen LogP contribution in [0.15, 0.2) is 23.4 Å². The van der Waals surface area contributed by atoms with Gasteiger partial charge in [0.25, 0.3) is 11.5 Å². The van der Waals surface area contributed by atoms with Crippen LogP contribution in [0.4, 0.5) is 0 Å². The zero-order chi connectivity index (χ0) is 19.2. The van der Waals surface area contributed by atoms with Crippen LogP contribution in [0.1, 0.15) is 67.6 Å². The molecule has 0 saturated carbocycles. The first-order valence-electron chi connectivity index (χ1n) is 9.50. The number of fused-ring (bicyclic) bond motifs is 2. The highest BCUT2D eigenvalue weighted by Crippen LogP contribution is 2.44. The standard InChI is InChI=1S/C20H25N5O2/c1-19(2,3)18-23-15-13(16(26)24-18)4-5-20(15)6-10-25(11-7-20)17(27)14-12-21-8-9-22-14/h8-9,12H,4-7,10-11H2,1-3H3,(H,23,24,26). The van der Waals surface area contributed by atoms with Crippen molar-refractivity contribution in [3.8, 4) is 0 Å². The Morgan fingerprint density at radius 1 is 1.19 bits per heavy atom. The molecule has 2 aliphatic rings. The quantitative estimate of drug-likeness (QED) is 0.832. The van der Waals surface area contributed by atoms with Gasteiger partial charge in [-0.2, -0.15) is 0 Å². The predicted molar refractivity (Wildman–Crippen MR) is 101 cm³/mol. The molecule has 1 aliphatic heterocycles. The van der Waals surface area contributed by atoms with Crippen LogP contribution in [0.3, 0.4) is 0 Å². The van der Waals surface area contributed by atoms with E-state index in [9.17, 15) is 9.59 Å². The average Bonchev–Trinajstić information content (AvgIpc) is 3.01. The number of amides is 1. The molecule has 1 fully saturated rings. The number of piperidine rings is 1. The molecule has 142 valence electrons. The molecule has 7 heteroatoms. The van der Waals surface area contributed by atoms with Gasteiger partial charge in [0.2, 0.25) is 0 Å². The van der Waals surface area contributed by atoms with Crippen LogP contribution < -0.4 is 5.56 Å². The van der Waals surface area contributed by atoms with E-state index in [-0.39, 0.29) is 22.3 Å². The van der Waals surface area contributed by atoms with Gasteiger partial charge in [0, 0.05) is 41.9 Å². The normalized spacial score (nSPS) is 18.6. The van der Waals surface area contributed by atoms with Gasteiger partial charge in [-0.1, -0.05) is 20.8 Å². The first-order valence-corrected chi connectivity index (χ1v) is 9.50. The van der Waals surface area contributed by atoms with Crippen LogP contribution in [0.2, 0.25) is 0 Å². The molecule has 0 aromatic carbocycles. The maximum absolute atomic E-state index is 12.6. The van der Waals surface area contributed by atoms with E-state index in [1.807, 2.05) is 4.90 Å². The molecule has 2 aromatic rings. The highest BCUT2D eigenvalue weighted by Gasteiger charge is 2.45. The topological polar surface area (TPSA) is 91.8 Å². The summed E-state index contributed by atoms with van der Waals surface area (Å²) < 4.78 is 0. The second-order valence-corrected chi connectivity index (χ2v) is 8.65. The van der Waals surface area contributed by atoms with Gasteiger partial charge in [-0.25, -0.2) is 9.97 Å². The van der Waals surface area contributed by atoms with Gasteiger partial charge in [-0.05, 0) is 25.7 Å². The van der Waals surface area contributed by atoms with E-state index in [1.54, 1.807) is 6.20 Å². The zero-order valence-electron chi connectivity index (χ0n) is 16.1. The monoisotopic (exact) mass is 367 g/mol. The molecule has 2 aromatic heterocycles. The number of hydrogen-bond acceptors (Lipinski definition) is 5. The van der Waals surface area contributed by atoms with E-state index < -0.39 is 0 Å². The summed E-state index contributed by atoms with van der Waals surface area (Å²) in [6.07, 6.45) is 7.95. The lowest BCUT2D eigenvalue weighted by molar-refractivity contribution is 0.0657. The van der Waals surface area contributed by atoms with E-state index in [2.05, 4.69) is 35.7 Å². The van der Waals surface area contributed by atoms with E-state index in [0.29, 0.717) is 18.8 Å². The Bertz CT molecular complexity index is 922. The molecular weight excluding hydrogens is 342 g/mol. The van der Waals surface area contributed by atoms with Gasteiger partial charge in [-0.15, -0.1) is 0 Å². The Labute approximate surface area is 158 Å². The molecule has 4 rings (SSSR count). The molecule has 3 heterocycles. The molecule has 1 spiro atoms. The van der Waals surface area contributed by atoms with Crippen molar-refractivity contribution in [2.24, 2.45) is 0 Å². The number of hydrogen-bond donors (Lipinski definition) is 1. The molecule has 1 amide bonds. The number of nitrogens with zero attached hydrogens (tertiary/aromatic N) is 4. The third-order valence-electron chi connectivity index (χ3n) is 5.87. The number of carbonyl (C=O) groups excluding carboxylic acids is 1. The molecular formula is C20H25N5O2. The first kappa shape index (κ1) is 17.8. The van der Waals surface area contributed by atoms with E-state index >= 15 is 0 Å². The molecule has 0 unspecified atom stereocenters. The largest absolute Gasteiger partial charge is 0.337 e. The third-order valence-corrected chi connectivity index (χ3v) is 5.87. The Kier molecular flexibility index (Phi) is 4.13. The van der Waals surface area contributed by atoms with Crippen LogP contribution in [0, 0.1) is 0 Å². The second-order valence-electron chi connectivity index (χ2n) is 8.65. The zero-order valence-corrected chi connectivity index (χ0v) is 16.1. The number of carbonyl (C=O) groups is 1. The molecule has 0 atom stereocenters. The average molecular weight is 367 g/mol. The fourth-order valence-electron chi connectivity index (χ4n) is 4.20. The van der Waals surface area contributed by atoms with E-state index in [0.717, 1.165) is 42.8 Å². The number of aromatic nitrogens is 4. The molecule has 0 radical (unpaired) electrons. The molecule has 27 heavy (non-hydrogen) atoms. The lowest BCUT2D eigenvalue weighted by Gasteiger charge is -2.39. The van der Waals surface area contributed by atoms with Crippen LogP contribution >= 0.6 is 0 Å². The van der Waals surface area contributed by atoms with Gasteiger partial charge >= 0.3 is 0 Å². The highest BCUT2D eigenvalue weighted by atomic mass is 16.2. The van der Waals surface area contributed by atoms with Gasteiger partial charge < -0.3 is 9.88 Å². The molecule has 7 nitrogen and oxygen atoms in total. The van der Waals surface area contributed by atoms with E-state index in [4.69, 9.17) is 4.98 Å². The first-order chi connectivity index (χ1) is 12.8. The van der Waals surface area contributed by atoms with Crippen LogP contribution in [0.25, 0.3) is 0 Å². The Hall–Kier alpha value is -2.57. The van der Waals surface area contributed by atoms with Gasteiger partial charge in [0.05, 0.1) is 11.9 Å². The SMILES string of the molecule is CC(C)(C)c1nc2c(c(=O)[nH]1)CCC21CCN(C(=O)c2cnccn2)CC1. The Morgan fingerprint density at radius 3 is 2.56 bits per heavy atom. The van der Waals surface area contributed by atoms with Crippen molar-refractivity contribution in [2.75, 3.05) is 13.1 Å². The van der Waals surface area contributed by atoms with Crippen LogP contribution in [-0.4, -0.2) is 43.8 Å². The van der Waals surface area contributed by atoms with Crippen LogP contribution in [0.5, 0.6) is 0 Å². The minimum atomic E-state index is -0.208. The molecule has 0 bridgehead atoms. The maximum atomic E-state index is 12.6. The number of H-pyrrole nitrogens is 1. The maximum Gasteiger partial charge on any atom is 0.274 e. The van der Waals surface area contributed by atoms with Crippen molar-refractivity contribution in [1.82, 2.24) is 24.8 Å². The third kappa shape index (κ3) is 3.05. The second kappa shape index (κ2) is 6.25. The van der Waals surface area contributed by atoms with Gasteiger partial charge in [0.15, 0.2) is 0 Å². The minimum Gasteiger partial charge on any atom is -0.337 e. The summed E-state index contributed by atoms with van der Waals surface area (Å²) in [7, 11) is 0. The summed E-state index contributed by atoms with van der Waals surface area (Å²) in [5.74, 6) is 0.663. The fourth-order valence-corrected chi connectivity index (χ4v) is 4.20. The number of nitrogens with one attached hydrogen (secondary N) is 1.